The lowest BCUT2D eigenvalue weighted by molar-refractivity contribution is -0.118. The monoisotopic (exact) mass is 212 g/mol. The highest BCUT2D eigenvalue weighted by atomic mass is 16.1. The van der Waals surface area contributed by atoms with Gasteiger partial charge in [-0.3, -0.25) is 4.79 Å². The molecule has 0 aromatic rings. The van der Waals surface area contributed by atoms with E-state index in [1.54, 1.807) is 6.92 Å². The molecule has 0 heterocycles. The summed E-state index contributed by atoms with van der Waals surface area (Å²) in [6.45, 7) is 5.54. The normalized spacial score (nSPS) is 27.1. The van der Waals surface area contributed by atoms with Gasteiger partial charge in [0, 0.05) is 26.1 Å². The molecule has 1 rings (SSSR count). The van der Waals surface area contributed by atoms with Crippen LogP contribution in [0.2, 0.25) is 0 Å². The number of hydrogen-bond acceptors (Lipinski definition) is 2. The summed E-state index contributed by atoms with van der Waals surface area (Å²) in [5.41, 5.74) is 0. The van der Waals surface area contributed by atoms with E-state index in [1.165, 1.54) is 32.1 Å². The Morgan fingerprint density at radius 2 is 1.93 bits per heavy atom. The summed E-state index contributed by atoms with van der Waals surface area (Å²) in [7, 11) is 0. The first kappa shape index (κ1) is 12.5. The highest BCUT2D eigenvalue weighted by Crippen LogP contribution is 2.22. The third-order valence-electron chi connectivity index (χ3n) is 3.27. The minimum Gasteiger partial charge on any atom is -0.355 e. The van der Waals surface area contributed by atoms with Gasteiger partial charge in [0.1, 0.15) is 0 Å². The van der Waals surface area contributed by atoms with Crippen molar-refractivity contribution >= 4 is 5.91 Å². The van der Waals surface area contributed by atoms with Gasteiger partial charge in [-0.05, 0) is 18.8 Å². The lowest BCUT2D eigenvalue weighted by atomic mass is 9.97. The summed E-state index contributed by atoms with van der Waals surface area (Å²) in [6, 6.07) is 0.654. The zero-order valence-electron chi connectivity index (χ0n) is 10.0. The minimum atomic E-state index is 0.0608. The summed E-state index contributed by atoms with van der Waals surface area (Å²) >= 11 is 0. The molecule has 0 aromatic carbocycles. The van der Waals surface area contributed by atoms with Crippen LogP contribution in [0.25, 0.3) is 0 Å². The van der Waals surface area contributed by atoms with E-state index in [0.717, 1.165) is 19.0 Å². The maximum atomic E-state index is 10.7. The van der Waals surface area contributed by atoms with Gasteiger partial charge in [-0.15, -0.1) is 0 Å². The van der Waals surface area contributed by atoms with E-state index in [4.69, 9.17) is 0 Å². The summed E-state index contributed by atoms with van der Waals surface area (Å²) in [4.78, 5) is 10.7. The molecule has 1 amide bonds. The highest BCUT2D eigenvalue weighted by molar-refractivity contribution is 5.72. The molecule has 2 unspecified atom stereocenters. The average molecular weight is 212 g/mol. The third-order valence-corrected chi connectivity index (χ3v) is 3.27. The Kier molecular flexibility index (Phi) is 5.69. The van der Waals surface area contributed by atoms with E-state index in [2.05, 4.69) is 17.6 Å². The van der Waals surface area contributed by atoms with E-state index >= 15 is 0 Å². The number of rotatable bonds is 4. The fraction of sp³-hybridized carbons (Fsp3) is 0.917. The molecule has 3 nitrogen and oxygen atoms in total. The van der Waals surface area contributed by atoms with Crippen LogP contribution in [0.15, 0.2) is 0 Å². The molecular formula is C12H24N2O. The molecule has 0 aromatic heterocycles. The number of nitrogens with one attached hydrogen (secondary N) is 2. The van der Waals surface area contributed by atoms with Gasteiger partial charge in [0.05, 0.1) is 0 Å². The SMILES string of the molecule is CC(=O)NCCNC1CCCCCC1C. The molecule has 15 heavy (non-hydrogen) atoms. The van der Waals surface area contributed by atoms with E-state index < -0.39 is 0 Å². The zero-order chi connectivity index (χ0) is 11.1. The molecule has 88 valence electrons. The van der Waals surface area contributed by atoms with Gasteiger partial charge in [-0.25, -0.2) is 0 Å². The molecule has 1 aliphatic carbocycles. The lowest BCUT2D eigenvalue weighted by Gasteiger charge is -2.22. The lowest BCUT2D eigenvalue weighted by Crippen LogP contribution is -2.39. The van der Waals surface area contributed by atoms with Gasteiger partial charge in [0.25, 0.3) is 0 Å². The summed E-state index contributed by atoms with van der Waals surface area (Å²) < 4.78 is 0. The smallest absolute Gasteiger partial charge is 0.216 e. The fourth-order valence-electron chi connectivity index (χ4n) is 2.29. The topological polar surface area (TPSA) is 41.1 Å². The van der Waals surface area contributed by atoms with Crippen molar-refractivity contribution < 1.29 is 4.79 Å². The molecule has 0 aliphatic heterocycles. The Labute approximate surface area is 93.0 Å². The number of carbonyl (C=O) groups excluding carboxylic acids is 1. The Hall–Kier alpha value is -0.570. The van der Waals surface area contributed by atoms with Crippen LogP contribution in [-0.4, -0.2) is 25.0 Å². The van der Waals surface area contributed by atoms with Crippen LogP contribution in [0.3, 0.4) is 0 Å². The molecular weight excluding hydrogens is 188 g/mol. The van der Waals surface area contributed by atoms with E-state index in [9.17, 15) is 4.79 Å². The van der Waals surface area contributed by atoms with Crippen molar-refractivity contribution in [2.45, 2.75) is 52.0 Å². The summed E-state index contributed by atoms with van der Waals surface area (Å²) in [5.74, 6) is 0.843. The quantitative estimate of drug-likeness (QED) is 0.550. The first-order valence-electron chi connectivity index (χ1n) is 6.18. The molecule has 1 saturated carbocycles. The third kappa shape index (κ3) is 5.17. The second-order valence-electron chi connectivity index (χ2n) is 4.66. The fourth-order valence-corrected chi connectivity index (χ4v) is 2.29. The van der Waals surface area contributed by atoms with Crippen LogP contribution in [-0.2, 0) is 4.79 Å². The summed E-state index contributed by atoms with van der Waals surface area (Å²) in [5, 5.41) is 6.37. The summed E-state index contributed by atoms with van der Waals surface area (Å²) in [6.07, 6.45) is 6.75. The molecule has 2 N–H and O–H groups in total. The van der Waals surface area contributed by atoms with Crippen LogP contribution in [0.5, 0.6) is 0 Å². The van der Waals surface area contributed by atoms with E-state index in [1.807, 2.05) is 0 Å². The maximum Gasteiger partial charge on any atom is 0.216 e. The van der Waals surface area contributed by atoms with Crippen molar-refractivity contribution in [2.75, 3.05) is 13.1 Å². The van der Waals surface area contributed by atoms with E-state index in [-0.39, 0.29) is 5.91 Å². The molecule has 1 aliphatic rings. The Bertz CT molecular complexity index is 194. The first-order valence-corrected chi connectivity index (χ1v) is 6.18. The predicted octanol–water partition coefficient (Wildman–Crippen LogP) is 1.68. The first-order chi connectivity index (χ1) is 7.20. The molecule has 0 radical (unpaired) electrons. The molecule has 2 atom stereocenters. The maximum absolute atomic E-state index is 10.7. The van der Waals surface area contributed by atoms with Gasteiger partial charge < -0.3 is 10.6 Å². The van der Waals surface area contributed by atoms with Crippen molar-refractivity contribution in [2.24, 2.45) is 5.92 Å². The Balaban J connectivity index is 2.15. The van der Waals surface area contributed by atoms with Gasteiger partial charge >= 0.3 is 0 Å². The second kappa shape index (κ2) is 6.83. The second-order valence-corrected chi connectivity index (χ2v) is 4.66. The Morgan fingerprint density at radius 3 is 2.67 bits per heavy atom. The van der Waals surface area contributed by atoms with Crippen LogP contribution in [0, 0.1) is 5.92 Å². The average Bonchev–Trinajstić information content (AvgIpc) is 2.38. The standard InChI is InChI=1S/C12H24N2O/c1-10-6-4-3-5-7-12(10)14-9-8-13-11(2)15/h10,12,14H,3-9H2,1-2H3,(H,13,15). The van der Waals surface area contributed by atoms with E-state index in [0.29, 0.717) is 6.04 Å². The van der Waals surface area contributed by atoms with Gasteiger partial charge in [0.15, 0.2) is 0 Å². The van der Waals surface area contributed by atoms with Crippen LogP contribution < -0.4 is 10.6 Å². The van der Waals surface area contributed by atoms with Crippen molar-refractivity contribution in [3.8, 4) is 0 Å². The molecule has 1 fully saturated rings. The number of amides is 1. The largest absolute Gasteiger partial charge is 0.355 e. The predicted molar refractivity (Wildman–Crippen MR) is 62.7 cm³/mol. The van der Waals surface area contributed by atoms with Gasteiger partial charge in [-0.2, -0.15) is 0 Å². The molecule has 0 bridgehead atoms. The number of hydrogen-bond donors (Lipinski definition) is 2. The van der Waals surface area contributed by atoms with Gasteiger partial charge in [0.2, 0.25) is 5.91 Å². The molecule has 3 heteroatoms. The molecule has 0 saturated heterocycles. The van der Waals surface area contributed by atoms with Crippen LogP contribution >= 0.6 is 0 Å². The van der Waals surface area contributed by atoms with Gasteiger partial charge in [-0.1, -0.05) is 26.2 Å². The zero-order valence-corrected chi connectivity index (χ0v) is 10.0. The van der Waals surface area contributed by atoms with Crippen molar-refractivity contribution in [3.05, 3.63) is 0 Å². The van der Waals surface area contributed by atoms with Crippen molar-refractivity contribution in [1.82, 2.24) is 10.6 Å². The Morgan fingerprint density at radius 1 is 1.20 bits per heavy atom. The highest BCUT2D eigenvalue weighted by Gasteiger charge is 2.18. The van der Waals surface area contributed by atoms with Crippen LogP contribution in [0.1, 0.15) is 46.0 Å². The van der Waals surface area contributed by atoms with Crippen LogP contribution in [0.4, 0.5) is 0 Å². The molecule has 0 spiro atoms. The minimum absolute atomic E-state index is 0.0608. The number of carbonyl (C=O) groups is 1. The van der Waals surface area contributed by atoms with Crippen molar-refractivity contribution in [1.29, 1.82) is 0 Å². The van der Waals surface area contributed by atoms with Crippen molar-refractivity contribution in [3.63, 3.8) is 0 Å².